The van der Waals surface area contributed by atoms with Crippen molar-refractivity contribution < 1.29 is 13.0 Å². The number of fused-ring (bicyclic) bond motifs is 2. The summed E-state index contributed by atoms with van der Waals surface area (Å²) in [7, 11) is 0. The molecule has 2 bridgehead atoms. The van der Waals surface area contributed by atoms with E-state index in [1.165, 1.54) is 12.8 Å². The number of allylic oxidation sites excluding steroid dienone is 2. The van der Waals surface area contributed by atoms with Crippen molar-refractivity contribution in [3.05, 3.63) is 12.2 Å². The van der Waals surface area contributed by atoms with Crippen molar-refractivity contribution in [1.29, 1.82) is 0 Å². The van der Waals surface area contributed by atoms with Gasteiger partial charge in [0.15, 0.2) is 0 Å². The van der Waals surface area contributed by atoms with Gasteiger partial charge in [0.05, 0.1) is 13.2 Å². The number of aliphatic hydroxyl groups is 1. The third kappa shape index (κ3) is 3.29. The maximum atomic E-state index is 12.5. The van der Waals surface area contributed by atoms with E-state index in [9.17, 15) is 9.90 Å². The van der Waals surface area contributed by atoms with Crippen molar-refractivity contribution in [2.75, 3.05) is 26.3 Å². The maximum Gasteiger partial charge on any atom is 0.222 e. The number of carbonyl (C=O) groups is 1. The molecule has 0 aromatic rings. The molecule has 0 spiro atoms. The van der Waals surface area contributed by atoms with E-state index in [4.69, 9.17) is 3.07 Å². The zero-order valence-electron chi connectivity index (χ0n) is 12.3. The van der Waals surface area contributed by atoms with Crippen molar-refractivity contribution in [2.24, 2.45) is 23.2 Å². The number of carbonyl (C=O) groups excluding carboxylic acids is 1. The summed E-state index contributed by atoms with van der Waals surface area (Å²) < 4.78 is 5.21. The SMILES string of the molecule is O=C(CC1CC2C=CC1C2)N1CCC(CO)(COI)CC1. The van der Waals surface area contributed by atoms with Crippen LogP contribution in [0, 0.1) is 23.2 Å². The lowest BCUT2D eigenvalue weighted by Crippen LogP contribution is -2.46. The normalized spacial score (nSPS) is 33.6. The number of hydrogen-bond acceptors (Lipinski definition) is 3. The largest absolute Gasteiger partial charge is 0.396 e. The summed E-state index contributed by atoms with van der Waals surface area (Å²) in [5, 5.41) is 9.60. The lowest BCUT2D eigenvalue weighted by molar-refractivity contribution is -0.135. The Labute approximate surface area is 140 Å². The average Bonchev–Trinajstić information content (AvgIpc) is 3.11. The van der Waals surface area contributed by atoms with Crippen LogP contribution in [0.25, 0.3) is 0 Å². The van der Waals surface area contributed by atoms with Gasteiger partial charge < -0.3 is 13.1 Å². The fourth-order valence-corrected chi connectivity index (χ4v) is 4.84. The van der Waals surface area contributed by atoms with E-state index < -0.39 is 0 Å². The molecule has 3 atom stereocenters. The first-order chi connectivity index (χ1) is 10.2. The van der Waals surface area contributed by atoms with Crippen LogP contribution in [0.15, 0.2) is 12.2 Å². The highest BCUT2D eigenvalue weighted by molar-refractivity contribution is 14.1. The Morgan fingerprint density at radius 3 is 2.62 bits per heavy atom. The Morgan fingerprint density at radius 1 is 1.33 bits per heavy atom. The smallest absolute Gasteiger partial charge is 0.222 e. The minimum atomic E-state index is -0.146. The molecule has 1 saturated heterocycles. The van der Waals surface area contributed by atoms with Gasteiger partial charge in [0.25, 0.3) is 0 Å². The molecule has 4 nitrogen and oxygen atoms in total. The summed E-state index contributed by atoms with van der Waals surface area (Å²) >= 11 is 1.89. The molecule has 0 aromatic carbocycles. The van der Waals surface area contributed by atoms with Crippen LogP contribution in [0.1, 0.15) is 32.1 Å². The molecule has 1 saturated carbocycles. The summed E-state index contributed by atoms with van der Waals surface area (Å²) in [5.74, 6) is 2.25. The Bertz CT molecular complexity index is 418. The molecule has 3 unspecified atom stereocenters. The minimum absolute atomic E-state index is 0.146. The minimum Gasteiger partial charge on any atom is -0.396 e. The predicted octanol–water partition coefficient (Wildman–Crippen LogP) is 2.56. The molecule has 2 aliphatic carbocycles. The molecule has 2 fully saturated rings. The second-order valence-corrected chi connectivity index (χ2v) is 7.66. The summed E-state index contributed by atoms with van der Waals surface area (Å²) in [6.45, 7) is 2.24. The Balaban J connectivity index is 1.50. The standard InChI is InChI=1S/C16H24INO3/c17-21-11-16(10-19)3-5-18(6-4-16)15(20)9-14-8-12-1-2-13(14)7-12/h1-2,12-14,19H,3-11H2. The molecule has 1 heterocycles. The number of aliphatic hydroxyl groups excluding tert-OH is 1. The first kappa shape index (κ1) is 15.7. The second-order valence-electron chi connectivity index (χ2n) is 7.04. The van der Waals surface area contributed by atoms with Gasteiger partial charge in [-0.15, -0.1) is 0 Å². The van der Waals surface area contributed by atoms with Crippen LogP contribution in [-0.4, -0.2) is 42.2 Å². The molecule has 3 rings (SSSR count). The van der Waals surface area contributed by atoms with E-state index in [2.05, 4.69) is 12.2 Å². The van der Waals surface area contributed by atoms with Crippen LogP contribution in [-0.2, 0) is 7.86 Å². The first-order valence-corrected chi connectivity index (χ1v) is 8.84. The van der Waals surface area contributed by atoms with Crippen LogP contribution < -0.4 is 0 Å². The van der Waals surface area contributed by atoms with Crippen LogP contribution >= 0.6 is 23.0 Å². The number of rotatable bonds is 5. The van der Waals surface area contributed by atoms with Gasteiger partial charge in [-0.05, 0) is 43.4 Å². The molecular weight excluding hydrogens is 381 g/mol. The summed E-state index contributed by atoms with van der Waals surface area (Å²) in [6, 6.07) is 0. The van der Waals surface area contributed by atoms with E-state index in [0.29, 0.717) is 30.8 Å². The lowest BCUT2D eigenvalue weighted by atomic mass is 9.79. The predicted molar refractivity (Wildman–Crippen MR) is 88.8 cm³/mol. The topological polar surface area (TPSA) is 49.8 Å². The van der Waals surface area contributed by atoms with Crippen molar-refractivity contribution in [3.8, 4) is 0 Å². The Morgan fingerprint density at radius 2 is 2.10 bits per heavy atom. The summed E-state index contributed by atoms with van der Waals surface area (Å²) in [4.78, 5) is 14.5. The molecule has 0 radical (unpaired) electrons. The van der Waals surface area contributed by atoms with Crippen molar-refractivity contribution >= 4 is 28.9 Å². The van der Waals surface area contributed by atoms with Crippen molar-refractivity contribution in [1.82, 2.24) is 4.90 Å². The molecule has 118 valence electrons. The zero-order valence-corrected chi connectivity index (χ0v) is 14.5. The van der Waals surface area contributed by atoms with Gasteiger partial charge in [-0.3, -0.25) is 4.79 Å². The van der Waals surface area contributed by atoms with Crippen LogP contribution in [0.2, 0.25) is 0 Å². The number of nitrogens with zero attached hydrogens (tertiary/aromatic N) is 1. The Hall–Kier alpha value is -0.140. The summed E-state index contributed by atoms with van der Waals surface area (Å²) in [5.41, 5.74) is -0.146. The second kappa shape index (κ2) is 6.54. The van der Waals surface area contributed by atoms with Crippen molar-refractivity contribution in [2.45, 2.75) is 32.1 Å². The highest BCUT2D eigenvalue weighted by atomic mass is 127. The third-order valence-corrected chi connectivity index (χ3v) is 6.04. The van der Waals surface area contributed by atoms with E-state index in [1.807, 2.05) is 27.9 Å². The van der Waals surface area contributed by atoms with Gasteiger partial charge in [-0.2, -0.15) is 0 Å². The van der Waals surface area contributed by atoms with Gasteiger partial charge in [-0.25, -0.2) is 0 Å². The van der Waals surface area contributed by atoms with Crippen LogP contribution in [0.3, 0.4) is 0 Å². The maximum absolute atomic E-state index is 12.5. The fourth-order valence-electron chi connectivity index (χ4n) is 4.18. The van der Waals surface area contributed by atoms with Gasteiger partial charge in [0, 0.05) is 24.9 Å². The molecule has 1 N–H and O–H groups in total. The van der Waals surface area contributed by atoms with Crippen molar-refractivity contribution in [3.63, 3.8) is 0 Å². The molecule has 1 amide bonds. The number of halogens is 1. The number of hydrogen-bond donors (Lipinski definition) is 1. The summed E-state index contributed by atoms with van der Waals surface area (Å²) in [6.07, 6.45) is 9.50. The van der Waals surface area contributed by atoms with E-state index in [1.54, 1.807) is 0 Å². The highest BCUT2D eigenvalue weighted by Crippen LogP contribution is 2.45. The molecule has 1 aliphatic heterocycles. The lowest BCUT2D eigenvalue weighted by Gasteiger charge is -2.40. The molecule has 5 heteroatoms. The van der Waals surface area contributed by atoms with Gasteiger partial charge in [0.1, 0.15) is 23.0 Å². The quantitative estimate of drug-likeness (QED) is 0.565. The number of likely N-dealkylation sites (tertiary alicyclic amines) is 1. The third-order valence-electron chi connectivity index (χ3n) is 5.73. The number of piperidine rings is 1. The Kier molecular flexibility index (Phi) is 4.90. The van der Waals surface area contributed by atoms with Gasteiger partial charge in [-0.1, -0.05) is 12.2 Å². The van der Waals surface area contributed by atoms with Gasteiger partial charge >= 0.3 is 0 Å². The van der Waals surface area contributed by atoms with E-state index in [-0.39, 0.29) is 12.0 Å². The average molecular weight is 405 g/mol. The number of amides is 1. The molecule has 0 aromatic heterocycles. The first-order valence-electron chi connectivity index (χ1n) is 7.96. The molecule has 3 aliphatic rings. The van der Waals surface area contributed by atoms with E-state index >= 15 is 0 Å². The molecule has 21 heavy (non-hydrogen) atoms. The molecular formula is C16H24INO3. The van der Waals surface area contributed by atoms with Crippen LogP contribution in [0.4, 0.5) is 0 Å². The van der Waals surface area contributed by atoms with Gasteiger partial charge in [0.2, 0.25) is 5.91 Å². The van der Waals surface area contributed by atoms with Crippen LogP contribution in [0.5, 0.6) is 0 Å². The van der Waals surface area contributed by atoms with E-state index in [0.717, 1.165) is 31.8 Å². The fraction of sp³-hybridized carbons (Fsp3) is 0.812. The monoisotopic (exact) mass is 405 g/mol. The zero-order chi connectivity index (χ0) is 14.9. The highest BCUT2D eigenvalue weighted by Gasteiger charge is 2.39.